The van der Waals surface area contributed by atoms with Crippen molar-refractivity contribution >= 4 is 46.0 Å². The van der Waals surface area contributed by atoms with Crippen LogP contribution in [0.4, 0.5) is 29.0 Å². The zero-order chi connectivity index (χ0) is 21.3. The fourth-order valence-corrected chi connectivity index (χ4v) is 3.13. The second-order valence-corrected chi connectivity index (χ2v) is 6.72. The molecular formula is C19H22N10O. The molecule has 0 aliphatic heterocycles. The zero-order valence-corrected chi connectivity index (χ0v) is 16.6. The summed E-state index contributed by atoms with van der Waals surface area (Å²) in [6.45, 7) is 4.49. The molecule has 0 atom stereocenters. The Morgan fingerprint density at radius 3 is 2.77 bits per heavy atom. The number of nitrogens with two attached hydrogens (primary N) is 2. The van der Waals surface area contributed by atoms with Gasteiger partial charge >= 0.3 is 0 Å². The summed E-state index contributed by atoms with van der Waals surface area (Å²) < 4.78 is 3.34. The highest BCUT2D eigenvalue weighted by molar-refractivity contribution is 5.92. The van der Waals surface area contributed by atoms with Crippen molar-refractivity contribution in [1.29, 1.82) is 0 Å². The summed E-state index contributed by atoms with van der Waals surface area (Å²) in [7, 11) is 0. The molecule has 3 aromatic heterocycles. The molecule has 11 heteroatoms. The number of hydrogen-bond donors (Lipinski definition) is 4. The lowest BCUT2D eigenvalue weighted by atomic mass is 10.2. The van der Waals surface area contributed by atoms with Crippen LogP contribution in [0.2, 0.25) is 0 Å². The van der Waals surface area contributed by atoms with Crippen molar-refractivity contribution < 1.29 is 4.79 Å². The average molecular weight is 406 g/mol. The van der Waals surface area contributed by atoms with E-state index in [1.165, 1.54) is 6.33 Å². The van der Waals surface area contributed by atoms with Gasteiger partial charge in [-0.2, -0.15) is 15.1 Å². The lowest BCUT2D eigenvalue weighted by molar-refractivity contribution is -0.116. The Bertz CT molecular complexity index is 1230. The maximum absolute atomic E-state index is 12.6. The van der Waals surface area contributed by atoms with E-state index < -0.39 is 0 Å². The number of carbonyl (C=O) groups is 1. The number of aryl methyl sites for hydroxylation is 2. The predicted molar refractivity (Wildman–Crippen MR) is 115 cm³/mol. The van der Waals surface area contributed by atoms with Gasteiger partial charge in [0.25, 0.3) is 0 Å². The number of carbonyl (C=O) groups excluding carboxylic acids is 1. The molecule has 3 heterocycles. The number of benzene rings is 1. The highest BCUT2D eigenvalue weighted by Gasteiger charge is 2.16. The molecule has 1 amide bonds. The molecule has 1 aromatic carbocycles. The molecule has 154 valence electrons. The molecular weight excluding hydrogens is 384 g/mol. The van der Waals surface area contributed by atoms with Gasteiger partial charge in [-0.1, -0.05) is 12.1 Å². The highest BCUT2D eigenvalue weighted by Crippen LogP contribution is 2.26. The number of imidazole rings is 1. The van der Waals surface area contributed by atoms with Crippen molar-refractivity contribution in [3.63, 3.8) is 0 Å². The molecule has 0 saturated carbocycles. The van der Waals surface area contributed by atoms with Crippen LogP contribution >= 0.6 is 0 Å². The summed E-state index contributed by atoms with van der Waals surface area (Å²) in [6.07, 6.45) is 1.53. The van der Waals surface area contributed by atoms with Crippen molar-refractivity contribution in [2.45, 2.75) is 26.9 Å². The second kappa shape index (κ2) is 7.70. The number of amides is 1. The highest BCUT2D eigenvalue weighted by atomic mass is 16.2. The number of anilines is 5. The number of hydrogen-bond acceptors (Lipinski definition) is 8. The largest absolute Gasteiger partial charge is 0.397 e. The van der Waals surface area contributed by atoms with Gasteiger partial charge in [-0.3, -0.25) is 4.79 Å². The van der Waals surface area contributed by atoms with Gasteiger partial charge < -0.3 is 26.7 Å². The van der Waals surface area contributed by atoms with Gasteiger partial charge in [-0.25, -0.2) is 9.67 Å². The lowest BCUT2D eigenvalue weighted by Gasteiger charge is -2.10. The molecule has 30 heavy (non-hydrogen) atoms. The summed E-state index contributed by atoms with van der Waals surface area (Å²) in [5.74, 6) is 0.874. The van der Waals surface area contributed by atoms with Crippen LogP contribution < -0.4 is 22.1 Å². The summed E-state index contributed by atoms with van der Waals surface area (Å²) >= 11 is 0. The predicted octanol–water partition coefficient (Wildman–Crippen LogP) is 1.90. The van der Waals surface area contributed by atoms with E-state index in [-0.39, 0.29) is 18.4 Å². The maximum atomic E-state index is 12.6. The van der Waals surface area contributed by atoms with E-state index in [2.05, 4.69) is 30.7 Å². The number of aromatic nitrogens is 6. The molecule has 0 unspecified atom stereocenters. The van der Waals surface area contributed by atoms with E-state index in [1.807, 2.05) is 38.1 Å². The van der Waals surface area contributed by atoms with Crippen molar-refractivity contribution in [3.8, 4) is 0 Å². The maximum Gasteiger partial charge on any atom is 0.245 e. The third-order valence-electron chi connectivity index (χ3n) is 4.48. The molecule has 0 bridgehead atoms. The Kier molecular flexibility index (Phi) is 4.92. The van der Waals surface area contributed by atoms with E-state index in [9.17, 15) is 4.79 Å². The quantitative estimate of drug-likeness (QED) is 0.354. The first-order valence-corrected chi connectivity index (χ1v) is 9.38. The first-order chi connectivity index (χ1) is 14.4. The number of para-hydroxylation sites is 2. The number of fused-ring (bicyclic) bond motifs is 1. The average Bonchev–Trinajstić information content (AvgIpc) is 3.26. The molecule has 0 radical (unpaired) electrons. The number of nitrogen functional groups attached to an aromatic ring is 2. The first-order valence-electron chi connectivity index (χ1n) is 9.38. The molecule has 11 nitrogen and oxygen atoms in total. The van der Waals surface area contributed by atoms with Gasteiger partial charge in [0.05, 0.1) is 23.4 Å². The van der Waals surface area contributed by atoms with E-state index in [0.29, 0.717) is 40.7 Å². The fourth-order valence-electron chi connectivity index (χ4n) is 3.13. The van der Waals surface area contributed by atoms with Crippen molar-refractivity contribution in [1.82, 2.24) is 29.3 Å². The molecule has 4 rings (SSSR count). The van der Waals surface area contributed by atoms with Gasteiger partial charge in [-0.05, 0) is 26.0 Å². The van der Waals surface area contributed by atoms with E-state index >= 15 is 0 Å². The van der Waals surface area contributed by atoms with Crippen LogP contribution in [0.5, 0.6) is 0 Å². The van der Waals surface area contributed by atoms with Gasteiger partial charge in [0.2, 0.25) is 11.9 Å². The summed E-state index contributed by atoms with van der Waals surface area (Å²) in [5, 5.41) is 10.3. The number of nitrogens with one attached hydrogen (secondary N) is 2. The third kappa shape index (κ3) is 3.72. The Labute approximate surface area is 172 Å². The Balaban J connectivity index is 1.60. The standard InChI is InChI=1S/C19H22N10O/c1-3-29-14(8-11(2)27-29)24-15(30)9-28-10-22-16-17(25-19(21)26-18(16)28)23-13-7-5-4-6-12(13)20/h4-8,10H,3,9,20H2,1-2H3,(H,24,30)(H3,21,23,25,26). The van der Waals surface area contributed by atoms with Crippen LogP contribution in [-0.4, -0.2) is 35.2 Å². The number of rotatable bonds is 6. The van der Waals surface area contributed by atoms with Crippen LogP contribution in [-0.2, 0) is 17.9 Å². The van der Waals surface area contributed by atoms with Crippen LogP contribution in [0, 0.1) is 6.92 Å². The Morgan fingerprint density at radius 1 is 1.20 bits per heavy atom. The molecule has 0 aliphatic rings. The molecule has 0 saturated heterocycles. The van der Waals surface area contributed by atoms with Crippen LogP contribution in [0.15, 0.2) is 36.7 Å². The topological polar surface area (TPSA) is 155 Å². The minimum Gasteiger partial charge on any atom is -0.397 e. The summed E-state index contributed by atoms with van der Waals surface area (Å²) in [6, 6.07) is 9.11. The zero-order valence-electron chi connectivity index (χ0n) is 16.6. The van der Waals surface area contributed by atoms with Crippen molar-refractivity contribution in [2.24, 2.45) is 0 Å². The first kappa shape index (κ1) is 19.2. The van der Waals surface area contributed by atoms with Gasteiger partial charge in [-0.15, -0.1) is 0 Å². The molecule has 0 fully saturated rings. The van der Waals surface area contributed by atoms with E-state index in [4.69, 9.17) is 11.5 Å². The Hall–Kier alpha value is -4.15. The molecule has 6 N–H and O–H groups in total. The fraction of sp³-hybridized carbons (Fsp3) is 0.211. The third-order valence-corrected chi connectivity index (χ3v) is 4.48. The second-order valence-electron chi connectivity index (χ2n) is 6.72. The van der Waals surface area contributed by atoms with Crippen LogP contribution in [0.25, 0.3) is 11.2 Å². The molecule has 0 aliphatic carbocycles. The minimum absolute atomic E-state index is 0.00775. The molecule has 0 spiro atoms. The number of nitrogens with zero attached hydrogens (tertiary/aromatic N) is 6. The van der Waals surface area contributed by atoms with E-state index in [1.54, 1.807) is 15.3 Å². The minimum atomic E-state index is -0.233. The summed E-state index contributed by atoms with van der Waals surface area (Å²) in [5.41, 5.74) is 14.9. The van der Waals surface area contributed by atoms with Crippen molar-refractivity contribution in [3.05, 3.63) is 42.4 Å². The Morgan fingerprint density at radius 2 is 2.00 bits per heavy atom. The molecule has 4 aromatic rings. The van der Waals surface area contributed by atoms with Gasteiger partial charge in [0.1, 0.15) is 12.4 Å². The van der Waals surface area contributed by atoms with Gasteiger partial charge in [0.15, 0.2) is 17.0 Å². The van der Waals surface area contributed by atoms with Gasteiger partial charge in [0, 0.05) is 12.6 Å². The van der Waals surface area contributed by atoms with Crippen LogP contribution in [0.3, 0.4) is 0 Å². The summed E-state index contributed by atoms with van der Waals surface area (Å²) in [4.78, 5) is 25.5. The lowest BCUT2D eigenvalue weighted by Crippen LogP contribution is -2.20. The normalized spacial score (nSPS) is 11.0. The van der Waals surface area contributed by atoms with Crippen molar-refractivity contribution in [2.75, 3.05) is 22.1 Å². The SMILES string of the molecule is CCn1nc(C)cc1NC(=O)Cn1cnc2c(Nc3ccccc3N)nc(N)nc21. The van der Waals surface area contributed by atoms with E-state index in [0.717, 1.165) is 5.69 Å². The monoisotopic (exact) mass is 406 g/mol. The smallest absolute Gasteiger partial charge is 0.245 e. The van der Waals surface area contributed by atoms with Crippen LogP contribution in [0.1, 0.15) is 12.6 Å².